The summed E-state index contributed by atoms with van der Waals surface area (Å²) in [4.78, 5) is 4.22. The second-order valence-corrected chi connectivity index (χ2v) is 2.76. The third-order valence-corrected chi connectivity index (χ3v) is 2.01. The first-order valence-corrected chi connectivity index (χ1v) is 3.85. The van der Waals surface area contributed by atoms with Gasteiger partial charge in [0.05, 0.1) is 11.2 Å². The fourth-order valence-corrected chi connectivity index (χ4v) is 1.42. The highest BCUT2D eigenvalue weighted by atomic mass is 14.9. The molecule has 0 spiro atoms. The predicted molar refractivity (Wildman–Crippen MR) is 50.8 cm³/mol. The van der Waals surface area contributed by atoms with Crippen molar-refractivity contribution < 1.29 is 0 Å². The minimum atomic E-state index is 0.944. The summed E-state index contributed by atoms with van der Waals surface area (Å²) < 4.78 is 2.05. The first-order valence-electron chi connectivity index (χ1n) is 3.85. The summed E-state index contributed by atoms with van der Waals surface area (Å²) >= 11 is 0. The first-order chi connectivity index (χ1) is 5.83. The van der Waals surface area contributed by atoms with Crippen molar-refractivity contribution >= 4 is 17.0 Å². The van der Waals surface area contributed by atoms with E-state index in [0.29, 0.717) is 0 Å². The molecule has 2 rings (SSSR count). The van der Waals surface area contributed by atoms with Crippen molar-refractivity contribution in [3.63, 3.8) is 0 Å². The van der Waals surface area contributed by atoms with Crippen LogP contribution in [0.4, 0.5) is 0 Å². The molecule has 0 atom stereocenters. The van der Waals surface area contributed by atoms with E-state index in [1.807, 2.05) is 19.3 Å². The molecule has 0 fully saturated rings. The molecule has 2 nitrogen and oxygen atoms in total. The van der Waals surface area contributed by atoms with Crippen LogP contribution in [0.25, 0.3) is 17.0 Å². The van der Waals surface area contributed by atoms with Crippen LogP contribution in [0.1, 0.15) is 5.69 Å². The highest BCUT2D eigenvalue weighted by molar-refractivity contribution is 5.86. The van der Waals surface area contributed by atoms with E-state index >= 15 is 0 Å². The number of pyridine rings is 1. The van der Waals surface area contributed by atoms with Gasteiger partial charge in [-0.25, -0.2) is 0 Å². The van der Waals surface area contributed by atoms with Crippen molar-refractivity contribution in [1.29, 1.82) is 0 Å². The van der Waals surface area contributed by atoms with Crippen molar-refractivity contribution in [2.45, 2.75) is 0 Å². The van der Waals surface area contributed by atoms with Gasteiger partial charge in [0, 0.05) is 24.8 Å². The van der Waals surface area contributed by atoms with E-state index in [9.17, 15) is 0 Å². The molecule has 0 saturated heterocycles. The fraction of sp³-hybridized carbons (Fsp3) is 0.100. The summed E-state index contributed by atoms with van der Waals surface area (Å²) in [5, 5.41) is 1.21. The van der Waals surface area contributed by atoms with Crippen LogP contribution < -0.4 is 0 Å². The number of hydrogen-bond donors (Lipinski definition) is 0. The topological polar surface area (TPSA) is 17.8 Å². The van der Waals surface area contributed by atoms with Gasteiger partial charge in [0.15, 0.2) is 0 Å². The van der Waals surface area contributed by atoms with Gasteiger partial charge in [-0.05, 0) is 18.2 Å². The summed E-state index contributed by atoms with van der Waals surface area (Å²) in [5.74, 6) is 0. The van der Waals surface area contributed by atoms with Crippen molar-refractivity contribution in [2.75, 3.05) is 0 Å². The molecule has 0 aliphatic rings. The van der Waals surface area contributed by atoms with Crippen molar-refractivity contribution in [1.82, 2.24) is 9.55 Å². The van der Waals surface area contributed by atoms with Crippen LogP contribution in [-0.2, 0) is 7.05 Å². The lowest BCUT2D eigenvalue weighted by Crippen LogP contribution is -1.89. The van der Waals surface area contributed by atoms with Crippen LogP contribution in [0.2, 0.25) is 0 Å². The van der Waals surface area contributed by atoms with Crippen LogP contribution in [-0.4, -0.2) is 9.55 Å². The number of rotatable bonds is 1. The van der Waals surface area contributed by atoms with Crippen molar-refractivity contribution in [3.8, 4) is 0 Å². The Morgan fingerprint density at radius 1 is 1.50 bits per heavy atom. The molecule has 0 amide bonds. The van der Waals surface area contributed by atoms with E-state index in [2.05, 4.69) is 22.2 Å². The maximum absolute atomic E-state index is 4.22. The number of hydrogen-bond acceptors (Lipinski definition) is 1. The summed E-state index contributed by atoms with van der Waals surface area (Å²) in [6, 6.07) is 4.08. The van der Waals surface area contributed by atoms with Crippen molar-refractivity contribution in [2.24, 2.45) is 7.05 Å². The van der Waals surface area contributed by atoms with Crippen LogP contribution >= 0.6 is 0 Å². The summed E-state index contributed by atoms with van der Waals surface area (Å²) in [7, 11) is 2.01. The fourth-order valence-electron chi connectivity index (χ4n) is 1.42. The Hall–Kier alpha value is -1.57. The number of aryl methyl sites for hydroxylation is 1. The normalized spacial score (nSPS) is 10.4. The molecule has 12 heavy (non-hydrogen) atoms. The summed E-state index contributed by atoms with van der Waals surface area (Å²) in [5.41, 5.74) is 2.09. The van der Waals surface area contributed by atoms with Gasteiger partial charge >= 0.3 is 0 Å². The third kappa shape index (κ3) is 0.848. The molecule has 0 unspecified atom stereocenters. The van der Waals surface area contributed by atoms with Gasteiger partial charge in [-0.2, -0.15) is 0 Å². The molecule has 0 aliphatic heterocycles. The third-order valence-electron chi connectivity index (χ3n) is 2.01. The second kappa shape index (κ2) is 2.48. The molecule has 2 aromatic rings. The van der Waals surface area contributed by atoms with E-state index in [-0.39, 0.29) is 0 Å². The average Bonchev–Trinajstić information content (AvgIpc) is 2.48. The van der Waals surface area contributed by atoms with Gasteiger partial charge in [0.2, 0.25) is 0 Å². The molecular weight excluding hydrogens is 148 g/mol. The van der Waals surface area contributed by atoms with Crippen LogP contribution in [0.15, 0.2) is 31.1 Å². The molecule has 0 aromatic carbocycles. The molecule has 2 aromatic heterocycles. The molecule has 60 valence electrons. The Kier molecular flexibility index (Phi) is 1.47. The predicted octanol–water partition coefficient (Wildman–Crippen LogP) is 2.22. The zero-order valence-corrected chi connectivity index (χ0v) is 6.99. The molecule has 0 aliphatic carbocycles. The zero-order valence-electron chi connectivity index (χ0n) is 6.99. The molecule has 2 heterocycles. The van der Waals surface area contributed by atoms with E-state index < -0.39 is 0 Å². The van der Waals surface area contributed by atoms with Gasteiger partial charge in [-0.1, -0.05) is 6.58 Å². The maximum Gasteiger partial charge on any atom is 0.0866 e. The van der Waals surface area contributed by atoms with Gasteiger partial charge in [0.25, 0.3) is 0 Å². The molecule has 2 heteroatoms. The zero-order chi connectivity index (χ0) is 8.55. The highest BCUT2D eigenvalue weighted by Gasteiger charge is 2.01. The van der Waals surface area contributed by atoms with Gasteiger partial charge < -0.3 is 4.57 Å². The Labute approximate surface area is 71.2 Å². The quantitative estimate of drug-likeness (QED) is 0.622. The van der Waals surface area contributed by atoms with Crippen LogP contribution in [0, 0.1) is 0 Å². The lowest BCUT2D eigenvalue weighted by Gasteiger charge is -1.98. The Balaban J connectivity index is 2.93. The summed E-state index contributed by atoms with van der Waals surface area (Å²) in [6.07, 6.45) is 5.61. The minimum absolute atomic E-state index is 0.944. The van der Waals surface area contributed by atoms with Gasteiger partial charge in [-0.3, -0.25) is 4.98 Å². The Morgan fingerprint density at radius 3 is 3.08 bits per heavy atom. The van der Waals surface area contributed by atoms with E-state index in [1.165, 1.54) is 5.39 Å². The van der Waals surface area contributed by atoms with Crippen molar-refractivity contribution in [3.05, 3.63) is 36.8 Å². The molecule has 0 bridgehead atoms. The molecular formula is C10H10N2. The lowest BCUT2D eigenvalue weighted by molar-refractivity contribution is 0.963. The van der Waals surface area contributed by atoms with Gasteiger partial charge in [-0.15, -0.1) is 0 Å². The molecule has 0 N–H and O–H groups in total. The smallest absolute Gasteiger partial charge is 0.0866 e. The maximum atomic E-state index is 4.22. The van der Waals surface area contributed by atoms with E-state index in [1.54, 1.807) is 12.3 Å². The lowest BCUT2D eigenvalue weighted by atomic mass is 10.2. The number of fused-ring (bicyclic) bond motifs is 1. The highest BCUT2D eigenvalue weighted by Crippen LogP contribution is 2.17. The first kappa shape index (κ1) is 7.10. The second-order valence-electron chi connectivity index (χ2n) is 2.76. The Morgan fingerprint density at radius 2 is 2.33 bits per heavy atom. The molecule has 0 radical (unpaired) electrons. The standard InChI is InChI=1S/C10H10N2/c1-3-9-10-8(4-6-11-9)5-7-12(10)2/h3-7H,1H2,2H3. The summed E-state index contributed by atoms with van der Waals surface area (Å²) in [6.45, 7) is 3.73. The van der Waals surface area contributed by atoms with E-state index in [0.717, 1.165) is 11.2 Å². The van der Waals surface area contributed by atoms with Crippen LogP contribution in [0.5, 0.6) is 0 Å². The van der Waals surface area contributed by atoms with E-state index in [4.69, 9.17) is 0 Å². The van der Waals surface area contributed by atoms with Crippen LogP contribution in [0.3, 0.4) is 0 Å². The monoisotopic (exact) mass is 158 g/mol. The number of nitrogens with zero attached hydrogens (tertiary/aromatic N) is 2. The number of aromatic nitrogens is 2. The largest absolute Gasteiger partial charge is 0.349 e. The van der Waals surface area contributed by atoms with Gasteiger partial charge in [0.1, 0.15) is 0 Å². The Bertz CT molecular complexity index is 426. The minimum Gasteiger partial charge on any atom is -0.349 e. The SMILES string of the molecule is C=Cc1nccc2ccn(C)c12. The average molecular weight is 158 g/mol. The molecule has 0 saturated carbocycles.